The van der Waals surface area contributed by atoms with E-state index in [1.807, 2.05) is 18.2 Å². The smallest absolute Gasteiger partial charge is 0.271 e. The van der Waals surface area contributed by atoms with E-state index in [0.717, 1.165) is 0 Å². The van der Waals surface area contributed by atoms with Crippen LogP contribution in [-0.4, -0.2) is 46.0 Å². The van der Waals surface area contributed by atoms with E-state index in [2.05, 4.69) is 15.8 Å². The summed E-state index contributed by atoms with van der Waals surface area (Å²) in [6, 6.07) is 18.9. The molecule has 9 nitrogen and oxygen atoms in total. The topological polar surface area (TPSA) is 107 Å². The van der Waals surface area contributed by atoms with Crippen LogP contribution in [0.1, 0.15) is 15.9 Å². The maximum Gasteiger partial charge on any atom is 0.271 e. The fourth-order valence-electron chi connectivity index (χ4n) is 2.98. The summed E-state index contributed by atoms with van der Waals surface area (Å²) < 4.78 is 21.4. The third-order valence-electron chi connectivity index (χ3n) is 4.61. The van der Waals surface area contributed by atoms with Gasteiger partial charge in [0, 0.05) is 16.8 Å². The first-order valence-electron chi connectivity index (χ1n) is 10.2. The van der Waals surface area contributed by atoms with Crippen LogP contribution in [0.2, 0.25) is 0 Å². The molecule has 0 aromatic heterocycles. The predicted octanol–water partition coefficient (Wildman–Crippen LogP) is 3.49. The molecule has 0 unspecified atom stereocenters. The van der Waals surface area contributed by atoms with Gasteiger partial charge in [-0.05, 0) is 48.5 Å². The van der Waals surface area contributed by atoms with Gasteiger partial charge < -0.3 is 24.3 Å². The molecule has 0 radical (unpaired) electrons. The van der Waals surface area contributed by atoms with Crippen molar-refractivity contribution in [3.05, 3.63) is 77.9 Å². The van der Waals surface area contributed by atoms with Gasteiger partial charge in [-0.3, -0.25) is 9.59 Å². The minimum absolute atomic E-state index is 0.153. The monoisotopic (exact) mass is 463 g/mol. The summed E-state index contributed by atoms with van der Waals surface area (Å²) in [5.41, 5.74) is 4.17. The van der Waals surface area contributed by atoms with E-state index in [-0.39, 0.29) is 12.5 Å². The maximum absolute atomic E-state index is 12.4. The Morgan fingerprint density at radius 2 is 1.53 bits per heavy atom. The average Bonchev–Trinajstić information content (AvgIpc) is 2.87. The fourth-order valence-corrected chi connectivity index (χ4v) is 2.98. The van der Waals surface area contributed by atoms with Gasteiger partial charge in [-0.2, -0.15) is 5.10 Å². The first kappa shape index (κ1) is 24.1. The number of carbonyl (C=O) groups excluding carboxylic acids is 2. The molecule has 3 aromatic rings. The van der Waals surface area contributed by atoms with E-state index in [4.69, 9.17) is 18.9 Å². The molecule has 2 amide bonds. The molecule has 0 spiro atoms. The van der Waals surface area contributed by atoms with Crippen LogP contribution in [0.3, 0.4) is 0 Å². The molecule has 0 atom stereocenters. The van der Waals surface area contributed by atoms with Crippen LogP contribution in [0.15, 0.2) is 71.8 Å². The number of hydrogen-bond donors (Lipinski definition) is 2. The van der Waals surface area contributed by atoms with Crippen molar-refractivity contribution in [3.63, 3.8) is 0 Å². The molecule has 0 aliphatic carbocycles. The Morgan fingerprint density at radius 1 is 0.882 bits per heavy atom. The molecule has 3 rings (SSSR count). The van der Waals surface area contributed by atoms with Crippen LogP contribution >= 0.6 is 0 Å². The van der Waals surface area contributed by atoms with Crippen LogP contribution in [0.25, 0.3) is 0 Å². The Bertz CT molecular complexity index is 1120. The quantitative estimate of drug-likeness (QED) is 0.352. The number of hydrogen-bond acceptors (Lipinski definition) is 7. The van der Waals surface area contributed by atoms with E-state index < -0.39 is 5.91 Å². The van der Waals surface area contributed by atoms with E-state index in [1.165, 1.54) is 27.5 Å². The summed E-state index contributed by atoms with van der Waals surface area (Å²) in [5.74, 6) is 1.18. The number of para-hydroxylation sites is 1. The minimum atomic E-state index is -0.405. The summed E-state index contributed by atoms with van der Waals surface area (Å²) >= 11 is 0. The lowest BCUT2D eigenvalue weighted by Crippen LogP contribution is -2.20. The van der Waals surface area contributed by atoms with Gasteiger partial charge in [-0.1, -0.05) is 18.2 Å². The zero-order valence-electron chi connectivity index (χ0n) is 19.0. The largest absolute Gasteiger partial charge is 0.493 e. The Balaban J connectivity index is 1.53. The Hall–Kier alpha value is -4.53. The third kappa shape index (κ3) is 6.49. The van der Waals surface area contributed by atoms with Gasteiger partial charge in [-0.15, -0.1) is 0 Å². The first-order valence-corrected chi connectivity index (χ1v) is 10.2. The number of anilines is 1. The van der Waals surface area contributed by atoms with Crippen molar-refractivity contribution >= 4 is 23.7 Å². The van der Waals surface area contributed by atoms with Gasteiger partial charge in [0.05, 0.1) is 27.5 Å². The maximum atomic E-state index is 12.4. The van der Waals surface area contributed by atoms with Crippen molar-refractivity contribution in [2.75, 3.05) is 33.3 Å². The van der Waals surface area contributed by atoms with Gasteiger partial charge in [0.15, 0.2) is 18.1 Å². The summed E-state index contributed by atoms with van der Waals surface area (Å²) in [6.07, 6.45) is 1.46. The number of methoxy groups -OCH3 is 3. The zero-order valence-corrected chi connectivity index (χ0v) is 19.0. The van der Waals surface area contributed by atoms with Crippen molar-refractivity contribution in [2.24, 2.45) is 5.10 Å². The van der Waals surface area contributed by atoms with Crippen molar-refractivity contribution in [1.29, 1.82) is 0 Å². The second-order valence-corrected chi connectivity index (χ2v) is 6.89. The average molecular weight is 463 g/mol. The molecule has 2 N–H and O–H groups in total. The van der Waals surface area contributed by atoms with E-state index in [0.29, 0.717) is 39.8 Å². The molecule has 0 aliphatic heterocycles. The van der Waals surface area contributed by atoms with E-state index in [9.17, 15) is 9.59 Å². The number of rotatable bonds is 10. The van der Waals surface area contributed by atoms with Crippen LogP contribution in [0.4, 0.5) is 5.69 Å². The second kappa shape index (κ2) is 11.9. The number of carbonyl (C=O) groups is 2. The Kier molecular flexibility index (Phi) is 8.45. The zero-order chi connectivity index (χ0) is 24.3. The van der Waals surface area contributed by atoms with Gasteiger partial charge in [0.2, 0.25) is 5.75 Å². The molecule has 0 bridgehead atoms. The molecular formula is C25H25N3O6. The molecule has 0 saturated heterocycles. The highest BCUT2D eigenvalue weighted by Crippen LogP contribution is 2.37. The molecule has 0 aliphatic rings. The lowest BCUT2D eigenvalue weighted by atomic mass is 10.2. The Morgan fingerprint density at radius 3 is 2.12 bits per heavy atom. The number of nitrogens with one attached hydrogen (secondary N) is 2. The molecule has 176 valence electrons. The van der Waals surface area contributed by atoms with Gasteiger partial charge in [-0.25, -0.2) is 5.43 Å². The lowest BCUT2D eigenvalue weighted by Gasteiger charge is -2.12. The van der Waals surface area contributed by atoms with Gasteiger partial charge >= 0.3 is 0 Å². The summed E-state index contributed by atoms with van der Waals surface area (Å²) in [5, 5.41) is 6.72. The van der Waals surface area contributed by atoms with E-state index >= 15 is 0 Å². The lowest BCUT2D eigenvalue weighted by molar-refractivity contribution is -0.118. The molecule has 0 fully saturated rings. The fraction of sp³-hybridized carbons (Fsp3) is 0.160. The van der Waals surface area contributed by atoms with E-state index in [1.54, 1.807) is 48.5 Å². The minimum Gasteiger partial charge on any atom is -0.493 e. The standard InChI is InChI=1S/C25H25N3O6/c1-31-21-13-17(14-22(32-2)24(21)33-3)15-26-28-25(30)18-9-11-20(12-10-18)34-16-23(29)27-19-7-5-4-6-8-19/h4-15H,16H2,1-3H3,(H,27,29)(H,28,30)/b26-15+. The summed E-state index contributed by atoms with van der Waals surface area (Å²) in [4.78, 5) is 24.3. The highest BCUT2D eigenvalue weighted by Gasteiger charge is 2.12. The van der Waals surface area contributed by atoms with Gasteiger partial charge in [0.1, 0.15) is 5.75 Å². The number of amides is 2. The van der Waals surface area contributed by atoms with Gasteiger partial charge in [0.25, 0.3) is 11.8 Å². The molecular weight excluding hydrogens is 438 g/mol. The molecule has 0 saturated carbocycles. The molecule has 0 heterocycles. The predicted molar refractivity (Wildman–Crippen MR) is 128 cm³/mol. The SMILES string of the molecule is COc1cc(/C=N/NC(=O)c2ccc(OCC(=O)Nc3ccccc3)cc2)cc(OC)c1OC. The summed E-state index contributed by atoms with van der Waals surface area (Å²) in [7, 11) is 4.55. The molecule has 3 aromatic carbocycles. The number of nitrogens with zero attached hydrogens (tertiary/aromatic N) is 1. The second-order valence-electron chi connectivity index (χ2n) is 6.89. The number of hydrazone groups is 1. The van der Waals surface area contributed by atoms with Crippen LogP contribution in [0.5, 0.6) is 23.0 Å². The normalized spacial score (nSPS) is 10.4. The number of benzene rings is 3. The highest BCUT2D eigenvalue weighted by molar-refractivity contribution is 5.95. The highest BCUT2D eigenvalue weighted by atomic mass is 16.5. The molecule has 34 heavy (non-hydrogen) atoms. The van der Waals surface area contributed by atoms with Crippen molar-refractivity contribution in [3.8, 4) is 23.0 Å². The van der Waals surface area contributed by atoms with Crippen molar-refractivity contribution < 1.29 is 28.5 Å². The van der Waals surface area contributed by atoms with Crippen LogP contribution < -0.4 is 29.7 Å². The number of ether oxygens (including phenoxy) is 4. The summed E-state index contributed by atoms with van der Waals surface area (Å²) in [6.45, 7) is -0.153. The molecule has 9 heteroatoms. The van der Waals surface area contributed by atoms with Crippen molar-refractivity contribution in [2.45, 2.75) is 0 Å². The first-order chi connectivity index (χ1) is 16.5. The third-order valence-corrected chi connectivity index (χ3v) is 4.61. The Labute approximate surface area is 197 Å². The van der Waals surface area contributed by atoms with Crippen LogP contribution in [-0.2, 0) is 4.79 Å². The van der Waals surface area contributed by atoms with Crippen molar-refractivity contribution in [1.82, 2.24) is 5.43 Å². The van der Waals surface area contributed by atoms with Crippen LogP contribution in [0, 0.1) is 0 Å².